The Morgan fingerprint density at radius 1 is 1.22 bits per heavy atom. The van der Waals surface area contributed by atoms with Gasteiger partial charge in [-0.15, -0.1) is 23.2 Å². The van der Waals surface area contributed by atoms with Gasteiger partial charge in [0.25, 0.3) is 0 Å². The topological polar surface area (TPSA) is 0 Å². The van der Waals surface area contributed by atoms with Crippen LogP contribution in [-0.4, -0.2) is 11.0 Å². The first-order valence-corrected chi connectivity index (χ1v) is 2.83. The van der Waals surface area contributed by atoms with Crippen LogP contribution in [0.4, 0.5) is 13.2 Å². The van der Waals surface area contributed by atoms with E-state index in [9.17, 15) is 13.2 Å². The van der Waals surface area contributed by atoms with E-state index in [2.05, 4.69) is 0 Å². The van der Waals surface area contributed by atoms with E-state index in [0.717, 1.165) is 0 Å². The highest BCUT2D eigenvalue weighted by Gasteiger charge is 2.21. The third kappa shape index (κ3) is 8.11. The van der Waals surface area contributed by atoms with Crippen molar-refractivity contribution in [3.05, 3.63) is 12.2 Å². The molecule has 0 aromatic rings. The zero-order valence-corrected chi connectivity index (χ0v) is 5.63. The first-order valence-electron chi connectivity index (χ1n) is 1.96. The Balaban J connectivity index is 3.71. The molecule has 0 unspecified atom stereocenters. The quantitative estimate of drug-likeness (QED) is 0.428. The Labute approximate surface area is 60.2 Å². The van der Waals surface area contributed by atoms with Gasteiger partial charge in [0.2, 0.25) is 0 Å². The molecule has 0 heterocycles. The molecule has 9 heavy (non-hydrogen) atoms. The maximum Gasteiger partial charge on any atom is 0.409 e. The van der Waals surface area contributed by atoms with Gasteiger partial charge < -0.3 is 0 Å². The van der Waals surface area contributed by atoms with Crippen LogP contribution in [0.3, 0.4) is 0 Å². The largest absolute Gasteiger partial charge is 0.409 e. The summed E-state index contributed by atoms with van der Waals surface area (Å²) in [5.74, 6) is 0. The van der Waals surface area contributed by atoms with Gasteiger partial charge in [0, 0.05) is 6.08 Å². The molecular weight excluding hydrogens is 176 g/mol. The normalized spacial score (nSPS) is 13.6. The fourth-order valence-electron chi connectivity index (χ4n) is 0.182. The summed E-state index contributed by atoms with van der Waals surface area (Å²) in [4.78, 5) is -1.09. The number of rotatable bonds is 1. The van der Waals surface area contributed by atoms with Crippen molar-refractivity contribution in [3.8, 4) is 0 Å². The summed E-state index contributed by atoms with van der Waals surface area (Å²) >= 11 is 9.92. The predicted octanol–water partition coefficient (Wildman–Crippen LogP) is 2.91. The molecule has 0 spiro atoms. The lowest BCUT2D eigenvalue weighted by atomic mass is 10.5. The molecule has 0 saturated carbocycles. The van der Waals surface area contributed by atoms with Gasteiger partial charge in [-0.1, -0.05) is 0 Å². The average molecular weight is 179 g/mol. The van der Waals surface area contributed by atoms with Crippen molar-refractivity contribution >= 4 is 23.2 Å². The van der Waals surface area contributed by atoms with E-state index in [0.29, 0.717) is 6.08 Å². The van der Waals surface area contributed by atoms with Crippen molar-refractivity contribution in [1.29, 1.82) is 0 Å². The van der Waals surface area contributed by atoms with Gasteiger partial charge in [-0.25, -0.2) is 0 Å². The van der Waals surface area contributed by atoms with Crippen LogP contribution >= 0.6 is 23.2 Å². The number of halogens is 5. The highest BCUT2D eigenvalue weighted by Crippen LogP contribution is 2.17. The van der Waals surface area contributed by atoms with E-state index in [4.69, 9.17) is 23.2 Å². The summed E-state index contributed by atoms with van der Waals surface area (Å²) in [6, 6.07) is 0. The van der Waals surface area contributed by atoms with E-state index < -0.39 is 11.0 Å². The van der Waals surface area contributed by atoms with Crippen molar-refractivity contribution in [2.75, 3.05) is 0 Å². The number of allylic oxidation sites excluding steroid dienone is 2. The molecule has 0 N–H and O–H groups in total. The Hall–Kier alpha value is 0.110. The first-order chi connectivity index (χ1) is 3.92. The standard InChI is InChI=1S/C4H3Cl2F3/c5-3(6)1-2-4(7,8)9/h1-3H/b2-1+. The SMILES string of the molecule is FC(F)(F)/C=C/C(Cl)Cl. The van der Waals surface area contributed by atoms with Gasteiger partial charge in [0.05, 0.1) is 0 Å². The molecule has 0 fully saturated rings. The Kier molecular flexibility index (Phi) is 3.36. The number of hydrogen-bond acceptors (Lipinski definition) is 0. The maximum absolute atomic E-state index is 11.2. The fraction of sp³-hybridized carbons (Fsp3) is 0.500. The summed E-state index contributed by atoms with van der Waals surface area (Å²) in [5.41, 5.74) is 0. The number of hydrogen-bond donors (Lipinski definition) is 0. The molecule has 54 valence electrons. The summed E-state index contributed by atoms with van der Waals surface area (Å²) in [6.45, 7) is 0. The average Bonchev–Trinajstić information content (AvgIpc) is 1.59. The zero-order chi connectivity index (χ0) is 7.49. The predicted molar refractivity (Wildman–Crippen MR) is 30.7 cm³/mol. The van der Waals surface area contributed by atoms with Gasteiger partial charge >= 0.3 is 6.18 Å². The molecule has 0 radical (unpaired) electrons. The molecule has 0 saturated heterocycles. The van der Waals surface area contributed by atoms with Crippen molar-refractivity contribution in [3.63, 3.8) is 0 Å². The van der Waals surface area contributed by atoms with Gasteiger partial charge in [-0.2, -0.15) is 13.2 Å². The lowest BCUT2D eigenvalue weighted by Gasteiger charge is -1.96. The van der Waals surface area contributed by atoms with Crippen molar-refractivity contribution in [2.24, 2.45) is 0 Å². The van der Waals surface area contributed by atoms with Crippen LogP contribution in [0.2, 0.25) is 0 Å². The van der Waals surface area contributed by atoms with E-state index in [1.54, 1.807) is 0 Å². The van der Waals surface area contributed by atoms with Crippen LogP contribution in [0.1, 0.15) is 0 Å². The molecule has 0 rings (SSSR count). The second-order valence-electron chi connectivity index (χ2n) is 1.24. The van der Waals surface area contributed by atoms with Gasteiger partial charge in [0.15, 0.2) is 0 Å². The lowest BCUT2D eigenvalue weighted by Crippen LogP contribution is -2.01. The van der Waals surface area contributed by atoms with Crippen LogP contribution in [0, 0.1) is 0 Å². The molecule has 5 heteroatoms. The molecule has 0 nitrogen and oxygen atoms in total. The first kappa shape index (κ1) is 9.11. The maximum atomic E-state index is 11.2. The smallest absolute Gasteiger partial charge is 0.167 e. The molecule has 0 aliphatic rings. The van der Waals surface area contributed by atoms with E-state index in [1.165, 1.54) is 0 Å². The second kappa shape index (κ2) is 3.32. The third-order valence-electron chi connectivity index (χ3n) is 0.431. The highest BCUT2D eigenvalue weighted by atomic mass is 35.5. The van der Waals surface area contributed by atoms with Gasteiger partial charge in [-0.05, 0) is 6.08 Å². The molecule has 0 aliphatic heterocycles. The Morgan fingerprint density at radius 3 is 1.78 bits per heavy atom. The number of alkyl halides is 5. The van der Waals surface area contributed by atoms with Crippen LogP contribution in [-0.2, 0) is 0 Å². The fourth-order valence-corrected chi connectivity index (χ4v) is 0.327. The molecular formula is C4H3Cl2F3. The van der Waals surface area contributed by atoms with Gasteiger partial charge in [0.1, 0.15) is 4.84 Å². The molecule has 0 aromatic carbocycles. The van der Waals surface area contributed by atoms with Crippen molar-refractivity contribution in [1.82, 2.24) is 0 Å². The monoisotopic (exact) mass is 178 g/mol. The summed E-state index contributed by atoms with van der Waals surface area (Å²) < 4.78 is 33.6. The molecule has 0 aliphatic carbocycles. The lowest BCUT2D eigenvalue weighted by molar-refractivity contribution is -0.0799. The van der Waals surface area contributed by atoms with Crippen LogP contribution in [0.15, 0.2) is 12.2 Å². The highest BCUT2D eigenvalue weighted by molar-refractivity contribution is 6.45. The summed E-state index contributed by atoms with van der Waals surface area (Å²) in [7, 11) is 0. The van der Waals surface area contributed by atoms with Crippen LogP contribution < -0.4 is 0 Å². The van der Waals surface area contributed by atoms with Crippen LogP contribution in [0.5, 0.6) is 0 Å². The van der Waals surface area contributed by atoms with Crippen molar-refractivity contribution < 1.29 is 13.2 Å². The minimum atomic E-state index is -4.32. The summed E-state index contributed by atoms with van der Waals surface area (Å²) in [6.07, 6.45) is -3.66. The van der Waals surface area contributed by atoms with Crippen molar-refractivity contribution in [2.45, 2.75) is 11.0 Å². The minimum Gasteiger partial charge on any atom is -0.167 e. The Bertz CT molecular complexity index is 105. The van der Waals surface area contributed by atoms with Crippen LogP contribution in [0.25, 0.3) is 0 Å². The Morgan fingerprint density at radius 2 is 1.67 bits per heavy atom. The van der Waals surface area contributed by atoms with E-state index in [-0.39, 0.29) is 6.08 Å². The molecule has 0 atom stereocenters. The minimum absolute atomic E-state index is 0.00231. The van der Waals surface area contributed by atoms with Gasteiger partial charge in [-0.3, -0.25) is 0 Å². The van der Waals surface area contributed by atoms with E-state index >= 15 is 0 Å². The third-order valence-corrected chi connectivity index (χ3v) is 0.722. The molecule has 0 aromatic heterocycles. The summed E-state index contributed by atoms with van der Waals surface area (Å²) in [5, 5.41) is 0. The van der Waals surface area contributed by atoms with E-state index in [1.807, 2.05) is 0 Å². The zero-order valence-electron chi connectivity index (χ0n) is 4.12. The molecule has 0 bridgehead atoms. The molecule has 0 amide bonds. The second-order valence-corrected chi connectivity index (χ2v) is 2.40.